The van der Waals surface area contributed by atoms with Crippen molar-refractivity contribution in [3.63, 3.8) is 0 Å². The van der Waals surface area contributed by atoms with Crippen molar-refractivity contribution in [3.8, 4) is 22.5 Å². The van der Waals surface area contributed by atoms with Crippen molar-refractivity contribution in [2.24, 2.45) is 5.14 Å². The van der Waals surface area contributed by atoms with E-state index in [2.05, 4.69) is 35.9 Å². The molecule has 1 aliphatic rings. The van der Waals surface area contributed by atoms with Gasteiger partial charge in [0.2, 0.25) is 15.8 Å². The minimum Gasteiger partial charge on any atom is -0.369 e. The number of aromatic amines is 2. The van der Waals surface area contributed by atoms with Crippen LogP contribution < -0.4 is 16.2 Å². The zero-order valence-electron chi connectivity index (χ0n) is 17.0. The normalized spacial score (nSPS) is 17.1. The number of aromatic nitrogens is 6. The summed E-state index contributed by atoms with van der Waals surface area (Å²) in [6.07, 6.45) is 0.345. The lowest BCUT2D eigenvalue weighted by Gasteiger charge is -2.18. The van der Waals surface area contributed by atoms with Crippen LogP contribution in [0.15, 0.2) is 40.1 Å². The molecule has 13 nitrogen and oxygen atoms in total. The van der Waals surface area contributed by atoms with Gasteiger partial charge in [0.15, 0.2) is 15.8 Å². The lowest BCUT2D eigenvalue weighted by Crippen LogP contribution is -2.27. The number of hydrogen-bond acceptors (Lipinski definition) is 10. The highest BCUT2D eigenvalue weighted by atomic mass is 32.2. The van der Waals surface area contributed by atoms with Crippen LogP contribution in [0.5, 0.6) is 0 Å². The van der Waals surface area contributed by atoms with Crippen molar-refractivity contribution in [2.75, 3.05) is 18.8 Å². The SMILES string of the molecule is Nc1nc2c(-c3ccc(S(=O)(=O)[C@H]4CCNC4)c(S(N)(=O)=O)c3-c3nn[nH]n3)cccc2[nH]1. The largest absolute Gasteiger partial charge is 0.369 e. The minimum atomic E-state index is -4.56. The molecule has 0 bridgehead atoms. The molecule has 0 radical (unpaired) electrons. The molecule has 33 heavy (non-hydrogen) atoms. The van der Waals surface area contributed by atoms with Gasteiger partial charge in [0.05, 0.1) is 26.7 Å². The highest BCUT2D eigenvalue weighted by molar-refractivity contribution is 7.94. The Morgan fingerprint density at radius 3 is 2.55 bits per heavy atom. The van der Waals surface area contributed by atoms with Gasteiger partial charge in [-0.2, -0.15) is 5.21 Å². The number of H-pyrrole nitrogens is 2. The van der Waals surface area contributed by atoms with Gasteiger partial charge in [-0.3, -0.25) is 0 Å². The number of anilines is 1. The Kier molecular flexibility index (Phi) is 4.93. The number of nitrogens with one attached hydrogen (secondary N) is 3. The highest BCUT2D eigenvalue weighted by Crippen LogP contribution is 2.41. The molecular weight excluding hydrogens is 470 g/mol. The summed E-state index contributed by atoms with van der Waals surface area (Å²) in [5.41, 5.74) is 7.57. The van der Waals surface area contributed by atoms with Crippen molar-refractivity contribution in [1.82, 2.24) is 35.9 Å². The number of hydrogen-bond donors (Lipinski definition) is 5. The maximum atomic E-state index is 13.4. The third-order valence-corrected chi connectivity index (χ3v) is 8.91. The first-order valence-electron chi connectivity index (χ1n) is 9.80. The molecule has 0 aliphatic carbocycles. The van der Waals surface area contributed by atoms with E-state index in [0.29, 0.717) is 35.1 Å². The van der Waals surface area contributed by atoms with Crippen molar-refractivity contribution in [1.29, 1.82) is 0 Å². The van der Waals surface area contributed by atoms with Crippen LogP contribution in [-0.2, 0) is 19.9 Å². The fourth-order valence-electron chi connectivity index (χ4n) is 4.13. The second-order valence-corrected chi connectivity index (χ2v) is 11.3. The number of benzene rings is 2. The fraction of sp³-hybridized carbons (Fsp3) is 0.222. The molecule has 172 valence electrons. The Morgan fingerprint density at radius 2 is 1.88 bits per heavy atom. The van der Waals surface area contributed by atoms with Gasteiger partial charge in [0.1, 0.15) is 4.90 Å². The van der Waals surface area contributed by atoms with E-state index in [-0.39, 0.29) is 23.9 Å². The number of nitrogen functional groups attached to an aromatic ring is 1. The van der Waals surface area contributed by atoms with Crippen LogP contribution in [-0.4, -0.2) is 65.8 Å². The maximum Gasteiger partial charge on any atom is 0.240 e. The molecule has 1 saturated heterocycles. The molecular formula is C18H19N9O4S2. The molecule has 3 heterocycles. The van der Waals surface area contributed by atoms with Crippen LogP contribution in [0.3, 0.4) is 0 Å². The quantitative estimate of drug-likeness (QED) is 0.248. The zero-order valence-corrected chi connectivity index (χ0v) is 18.6. The smallest absolute Gasteiger partial charge is 0.240 e. The fourth-order valence-corrected chi connectivity index (χ4v) is 7.40. The van der Waals surface area contributed by atoms with Gasteiger partial charge < -0.3 is 16.0 Å². The van der Waals surface area contributed by atoms with Gasteiger partial charge in [-0.25, -0.2) is 27.0 Å². The third kappa shape index (κ3) is 3.54. The number of sulfonamides is 1. The van der Waals surface area contributed by atoms with Crippen LogP contribution in [0.4, 0.5) is 5.95 Å². The molecule has 0 amide bonds. The predicted molar refractivity (Wildman–Crippen MR) is 119 cm³/mol. The van der Waals surface area contributed by atoms with E-state index in [4.69, 9.17) is 10.9 Å². The Bertz CT molecular complexity index is 1570. The molecule has 0 unspecified atom stereocenters. The van der Waals surface area contributed by atoms with Crippen molar-refractivity contribution >= 4 is 36.8 Å². The number of fused-ring (bicyclic) bond motifs is 1. The van der Waals surface area contributed by atoms with E-state index < -0.39 is 34.9 Å². The van der Waals surface area contributed by atoms with Crippen molar-refractivity contribution < 1.29 is 16.8 Å². The lowest BCUT2D eigenvalue weighted by atomic mass is 9.98. The zero-order chi connectivity index (χ0) is 23.4. The predicted octanol–water partition coefficient (Wildman–Crippen LogP) is -0.225. The van der Waals surface area contributed by atoms with E-state index in [9.17, 15) is 16.8 Å². The summed E-state index contributed by atoms with van der Waals surface area (Å²) < 4.78 is 52.6. The first-order valence-corrected chi connectivity index (χ1v) is 12.9. The summed E-state index contributed by atoms with van der Waals surface area (Å²) in [5, 5.41) is 21.4. The summed E-state index contributed by atoms with van der Waals surface area (Å²) in [4.78, 5) is 6.20. The van der Waals surface area contributed by atoms with E-state index in [1.165, 1.54) is 12.1 Å². The molecule has 0 saturated carbocycles. The van der Waals surface area contributed by atoms with Crippen LogP contribution in [0.25, 0.3) is 33.5 Å². The standard InChI is InChI=1S/C18H19N9O4S2/c19-18-22-12-3-1-2-11(15(12)23-18)10-4-5-13(32(28,29)9-6-7-21-8-9)16(33(20,30)31)14(10)17-24-26-27-25-17/h1-5,9,21H,6-8H2,(H3,19,22,23)(H2,20,30,31)(H,24,25,26,27)/t9-/m0/s1. The Hall–Kier alpha value is -3.40. The average molecular weight is 490 g/mol. The molecule has 7 N–H and O–H groups in total. The second-order valence-electron chi connectivity index (χ2n) is 7.58. The van der Waals surface area contributed by atoms with Crippen LogP contribution in [0, 0.1) is 0 Å². The van der Waals surface area contributed by atoms with Crippen LogP contribution >= 0.6 is 0 Å². The number of para-hydroxylation sites is 1. The number of imidazole rings is 1. The van der Waals surface area contributed by atoms with Gasteiger partial charge >= 0.3 is 0 Å². The van der Waals surface area contributed by atoms with E-state index >= 15 is 0 Å². The topological polar surface area (TPSA) is 215 Å². The summed E-state index contributed by atoms with van der Waals surface area (Å²) in [6.45, 7) is 0.713. The number of sulfone groups is 1. The van der Waals surface area contributed by atoms with Gasteiger partial charge in [-0.1, -0.05) is 18.2 Å². The van der Waals surface area contributed by atoms with E-state index in [0.717, 1.165) is 0 Å². The molecule has 4 aromatic rings. The molecule has 2 aromatic heterocycles. The summed E-state index contributed by atoms with van der Waals surface area (Å²) in [5.74, 6) is 0.0364. The minimum absolute atomic E-state index is 0.0904. The van der Waals surface area contributed by atoms with Gasteiger partial charge in [0, 0.05) is 12.1 Å². The molecule has 0 spiro atoms. The molecule has 5 rings (SSSR count). The van der Waals surface area contributed by atoms with Gasteiger partial charge in [-0.05, 0) is 35.9 Å². The van der Waals surface area contributed by atoms with E-state index in [1.54, 1.807) is 18.2 Å². The number of primary sulfonamides is 1. The summed E-state index contributed by atoms with van der Waals surface area (Å²) in [6, 6.07) is 7.92. The summed E-state index contributed by atoms with van der Waals surface area (Å²) >= 11 is 0. The highest BCUT2D eigenvalue weighted by Gasteiger charge is 2.37. The number of nitrogens with zero attached hydrogens (tertiary/aromatic N) is 4. The Balaban J connectivity index is 1.90. The van der Waals surface area contributed by atoms with Crippen molar-refractivity contribution in [3.05, 3.63) is 30.3 Å². The number of nitrogens with two attached hydrogens (primary N) is 2. The van der Waals surface area contributed by atoms with Crippen LogP contribution in [0.2, 0.25) is 0 Å². The monoisotopic (exact) mass is 489 g/mol. The maximum absolute atomic E-state index is 13.4. The number of tetrazole rings is 1. The lowest BCUT2D eigenvalue weighted by molar-refractivity contribution is 0.574. The average Bonchev–Trinajstić information content (AvgIpc) is 3.52. The molecule has 1 aliphatic heterocycles. The molecule has 2 aromatic carbocycles. The molecule has 1 fully saturated rings. The van der Waals surface area contributed by atoms with Gasteiger partial charge in [0.25, 0.3) is 0 Å². The molecule has 15 heteroatoms. The first kappa shape index (κ1) is 21.4. The second kappa shape index (κ2) is 7.58. The number of rotatable bonds is 5. The first-order chi connectivity index (χ1) is 15.7. The third-order valence-electron chi connectivity index (χ3n) is 5.56. The Morgan fingerprint density at radius 1 is 1.06 bits per heavy atom. The van der Waals surface area contributed by atoms with Crippen LogP contribution in [0.1, 0.15) is 6.42 Å². The van der Waals surface area contributed by atoms with E-state index in [1.807, 2.05) is 0 Å². The molecule has 1 atom stereocenters. The van der Waals surface area contributed by atoms with Crippen molar-refractivity contribution in [2.45, 2.75) is 21.5 Å². The summed E-state index contributed by atoms with van der Waals surface area (Å²) in [7, 11) is -8.61. The Labute approximate surface area is 187 Å². The van der Waals surface area contributed by atoms with Gasteiger partial charge in [-0.15, -0.1) is 10.2 Å².